The molecule has 1 fully saturated rings. The third-order valence-electron chi connectivity index (χ3n) is 5.30. The van der Waals surface area contributed by atoms with E-state index < -0.39 is 0 Å². The average Bonchev–Trinajstić information content (AvgIpc) is 2.74. The minimum Gasteiger partial charge on any atom is -0.508 e. The molecule has 3 nitrogen and oxygen atoms in total. The van der Waals surface area contributed by atoms with Gasteiger partial charge in [-0.15, -0.1) is 0 Å². The topological polar surface area (TPSA) is 39.3 Å². The van der Waals surface area contributed by atoms with E-state index >= 15 is 0 Å². The van der Waals surface area contributed by atoms with Crippen LogP contribution >= 0.6 is 0 Å². The zero-order valence-corrected chi connectivity index (χ0v) is 12.2. The van der Waals surface area contributed by atoms with Crippen LogP contribution in [-0.4, -0.2) is 34.1 Å². The number of benzene rings is 1. The van der Waals surface area contributed by atoms with Crippen molar-refractivity contribution < 1.29 is 5.11 Å². The quantitative estimate of drug-likeness (QED) is 0.771. The third-order valence-corrected chi connectivity index (χ3v) is 5.30. The fourth-order valence-corrected chi connectivity index (χ4v) is 4.28. The van der Waals surface area contributed by atoms with Crippen molar-refractivity contribution in [3.8, 4) is 5.75 Å². The normalized spacial score (nSPS) is 32.9. The van der Waals surface area contributed by atoms with Crippen molar-refractivity contribution >= 4 is 10.9 Å². The van der Waals surface area contributed by atoms with E-state index in [0.717, 1.165) is 18.9 Å². The second-order valence-corrected chi connectivity index (χ2v) is 6.68. The molecular weight excluding hydrogens is 248 g/mol. The summed E-state index contributed by atoms with van der Waals surface area (Å²) in [6, 6.07) is 6.32. The maximum Gasteiger partial charge on any atom is 0.116 e. The number of hydrogen-bond donors (Lipinski definition) is 2. The number of phenolic OH excluding ortho intramolecular Hbond substituents is 1. The Morgan fingerprint density at radius 3 is 3.00 bits per heavy atom. The third kappa shape index (κ3) is 1.69. The largest absolute Gasteiger partial charge is 0.508 e. The standard InChI is InChI=1S/C17H22N2O/c1-10-7-14-11(2)19(9-10)6-5-13-15-8-12(20)3-4-16(15)18-17(13)14/h3-4,8,10-11,14,18,20H,5-7,9H2,1-2H3/t10-,11?,14?/m0/s1. The summed E-state index contributed by atoms with van der Waals surface area (Å²) in [5, 5.41) is 11.0. The molecule has 2 N–H and O–H groups in total. The molecule has 2 aromatic rings. The molecule has 20 heavy (non-hydrogen) atoms. The van der Waals surface area contributed by atoms with Crippen LogP contribution in [0.3, 0.4) is 0 Å². The van der Waals surface area contributed by atoms with Crippen molar-refractivity contribution in [3.63, 3.8) is 0 Å². The highest BCUT2D eigenvalue weighted by Gasteiger charge is 2.37. The van der Waals surface area contributed by atoms with E-state index in [1.54, 1.807) is 6.07 Å². The number of aromatic hydroxyl groups is 1. The van der Waals surface area contributed by atoms with Crippen molar-refractivity contribution in [2.45, 2.75) is 38.6 Å². The smallest absolute Gasteiger partial charge is 0.116 e. The van der Waals surface area contributed by atoms with Crippen LogP contribution in [-0.2, 0) is 6.42 Å². The lowest BCUT2D eigenvalue weighted by molar-refractivity contribution is 0.110. The van der Waals surface area contributed by atoms with Gasteiger partial charge >= 0.3 is 0 Å². The van der Waals surface area contributed by atoms with Crippen LogP contribution in [0.4, 0.5) is 0 Å². The van der Waals surface area contributed by atoms with Gasteiger partial charge in [-0.05, 0) is 49.4 Å². The molecule has 1 aromatic heterocycles. The molecule has 4 atom stereocenters. The summed E-state index contributed by atoms with van der Waals surface area (Å²) in [6.07, 6.45) is 2.36. The Morgan fingerprint density at radius 2 is 2.15 bits per heavy atom. The lowest BCUT2D eigenvalue weighted by Gasteiger charge is -2.40. The van der Waals surface area contributed by atoms with Gasteiger partial charge in [-0.3, -0.25) is 4.90 Å². The Morgan fingerprint density at radius 1 is 1.30 bits per heavy atom. The van der Waals surface area contributed by atoms with E-state index in [4.69, 9.17) is 0 Å². The molecule has 0 amide bonds. The van der Waals surface area contributed by atoms with Gasteiger partial charge in [-0.2, -0.15) is 0 Å². The molecule has 4 rings (SSSR count). The number of phenols is 1. The summed E-state index contributed by atoms with van der Waals surface area (Å²) in [7, 11) is 0. The number of aromatic nitrogens is 1. The van der Waals surface area contributed by atoms with E-state index in [0.29, 0.717) is 17.7 Å². The Balaban J connectivity index is 1.91. The summed E-state index contributed by atoms with van der Waals surface area (Å²) < 4.78 is 0. The van der Waals surface area contributed by atoms with E-state index in [1.165, 1.54) is 35.1 Å². The molecular formula is C17H22N2O. The van der Waals surface area contributed by atoms with E-state index in [-0.39, 0.29) is 0 Å². The highest BCUT2D eigenvalue weighted by atomic mass is 16.3. The molecule has 106 valence electrons. The molecule has 0 aliphatic carbocycles. The van der Waals surface area contributed by atoms with Crippen LogP contribution in [0, 0.1) is 5.92 Å². The van der Waals surface area contributed by atoms with Crippen LogP contribution in [0.1, 0.15) is 37.4 Å². The van der Waals surface area contributed by atoms with Gasteiger partial charge in [0.15, 0.2) is 0 Å². The molecule has 1 aromatic carbocycles. The van der Waals surface area contributed by atoms with Gasteiger partial charge in [0.2, 0.25) is 0 Å². The van der Waals surface area contributed by atoms with Gasteiger partial charge in [0.25, 0.3) is 0 Å². The Kier molecular flexibility index (Phi) is 2.61. The Bertz CT molecular complexity index is 660. The average molecular weight is 270 g/mol. The first kappa shape index (κ1) is 12.3. The first-order chi connectivity index (χ1) is 9.63. The minimum atomic E-state index is 0.369. The Labute approximate surface area is 119 Å². The maximum atomic E-state index is 9.78. The lowest BCUT2D eigenvalue weighted by Crippen LogP contribution is -2.44. The first-order valence-corrected chi connectivity index (χ1v) is 7.71. The molecule has 1 saturated heterocycles. The van der Waals surface area contributed by atoms with Gasteiger partial charge < -0.3 is 10.1 Å². The number of aromatic amines is 1. The van der Waals surface area contributed by atoms with E-state index in [1.807, 2.05) is 12.1 Å². The SMILES string of the molecule is CC1C2C[C@H](C)CN1CCc1c2[nH]c2ccc(O)cc12. The highest BCUT2D eigenvalue weighted by Crippen LogP contribution is 2.41. The fraction of sp³-hybridized carbons (Fsp3) is 0.529. The predicted octanol–water partition coefficient (Wildman–Crippen LogP) is 3.24. The van der Waals surface area contributed by atoms with E-state index in [2.05, 4.69) is 23.7 Å². The van der Waals surface area contributed by atoms with Crippen molar-refractivity contribution in [2.24, 2.45) is 5.92 Å². The highest BCUT2D eigenvalue weighted by molar-refractivity contribution is 5.86. The van der Waals surface area contributed by atoms with Gasteiger partial charge in [0.1, 0.15) is 5.75 Å². The second kappa shape index (κ2) is 4.26. The van der Waals surface area contributed by atoms with Crippen molar-refractivity contribution in [1.29, 1.82) is 0 Å². The van der Waals surface area contributed by atoms with Gasteiger partial charge in [-0.1, -0.05) is 6.92 Å². The zero-order chi connectivity index (χ0) is 13.9. The molecule has 2 bridgehead atoms. The van der Waals surface area contributed by atoms with Gasteiger partial charge in [0.05, 0.1) is 0 Å². The monoisotopic (exact) mass is 270 g/mol. The first-order valence-electron chi connectivity index (χ1n) is 7.71. The zero-order valence-electron chi connectivity index (χ0n) is 12.2. The summed E-state index contributed by atoms with van der Waals surface area (Å²) in [4.78, 5) is 6.29. The van der Waals surface area contributed by atoms with Gasteiger partial charge in [-0.25, -0.2) is 0 Å². The molecule has 0 radical (unpaired) electrons. The number of fused-ring (bicyclic) bond motifs is 6. The summed E-state index contributed by atoms with van der Waals surface area (Å²) in [6.45, 7) is 7.10. The number of rotatable bonds is 0. The van der Waals surface area contributed by atoms with Crippen molar-refractivity contribution in [3.05, 3.63) is 29.5 Å². The molecule has 3 unspecified atom stereocenters. The second-order valence-electron chi connectivity index (χ2n) is 6.68. The van der Waals surface area contributed by atoms with Crippen molar-refractivity contribution in [2.75, 3.05) is 13.1 Å². The van der Waals surface area contributed by atoms with Crippen molar-refractivity contribution in [1.82, 2.24) is 9.88 Å². The number of piperidine rings is 1. The summed E-state index contributed by atoms with van der Waals surface area (Å²) in [5.41, 5.74) is 4.03. The lowest BCUT2D eigenvalue weighted by atomic mass is 9.82. The fourth-order valence-electron chi connectivity index (χ4n) is 4.28. The molecule has 0 saturated carbocycles. The predicted molar refractivity (Wildman–Crippen MR) is 81.2 cm³/mol. The number of nitrogens with one attached hydrogen (secondary N) is 1. The van der Waals surface area contributed by atoms with Crippen LogP contribution in [0.5, 0.6) is 5.75 Å². The molecule has 3 heteroatoms. The molecule has 0 spiro atoms. The molecule has 2 aliphatic rings. The van der Waals surface area contributed by atoms with Crippen LogP contribution in [0.2, 0.25) is 0 Å². The number of H-pyrrole nitrogens is 1. The minimum absolute atomic E-state index is 0.369. The number of nitrogens with zero attached hydrogens (tertiary/aromatic N) is 1. The Hall–Kier alpha value is -1.48. The maximum absolute atomic E-state index is 9.78. The van der Waals surface area contributed by atoms with Crippen LogP contribution in [0.15, 0.2) is 18.2 Å². The molecule has 3 heterocycles. The van der Waals surface area contributed by atoms with Crippen LogP contribution < -0.4 is 0 Å². The summed E-state index contributed by atoms with van der Waals surface area (Å²) in [5.74, 6) is 1.74. The summed E-state index contributed by atoms with van der Waals surface area (Å²) >= 11 is 0. The van der Waals surface area contributed by atoms with Gasteiger partial charge in [0, 0.05) is 41.6 Å². The van der Waals surface area contributed by atoms with Crippen LogP contribution in [0.25, 0.3) is 10.9 Å². The number of hydrogen-bond acceptors (Lipinski definition) is 2. The molecule has 2 aliphatic heterocycles. The van der Waals surface area contributed by atoms with E-state index in [9.17, 15) is 5.11 Å².